The van der Waals surface area contributed by atoms with Gasteiger partial charge >= 0.3 is 0 Å². The standard InChI is InChI=1S/C19H28N4O2/c24-18(15-5-3-9-20-13-15)21-10-11-22-19(25)16-6-4-12-23(14-16)17-7-1-2-8-17/h3,5,9,13,16-17H,1-2,4,6-8,10-12,14H2,(H,21,24)(H,22,25)/t16-/m0/s1. The third-order valence-corrected chi connectivity index (χ3v) is 5.30. The number of nitrogens with one attached hydrogen (secondary N) is 2. The normalized spacial score (nSPS) is 21.8. The largest absolute Gasteiger partial charge is 0.354 e. The van der Waals surface area contributed by atoms with Crippen LogP contribution >= 0.6 is 0 Å². The van der Waals surface area contributed by atoms with Gasteiger partial charge in [0.1, 0.15) is 0 Å². The molecule has 6 heteroatoms. The predicted octanol–water partition coefficient (Wildman–Crippen LogP) is 1.58. The second-order valence-corrected chi connectivity index (χ2v) is 7.06. The first kappa shape index (κ1) is 17.9. The second kappa shape index (κ2) is 8.94. The molecule has 1 aromatic rings. The van der Waals surface area contributed by atoms with E-state index < -0.39 is 0 Å². The highest BCUT2D eigenvalue weighted by Crippen LogP contribution is 2.27. The van der Waals surface area contributed by atoms with Gasteiger partial charge in [0.2, 0.25) is 5.91 Å². The van der Waals surface area contributed by atoms with E-state index in [-0.39, 0.29) is 17.7 Å². The third kappa shape index (κ3) is 5.01. The number of pyridine rings is 1. The van der Waals surface area contributed by atoms with Crippen molar-refractivity contribution in [2.75, 3.05) is 26.2 Å². The lowest BCUT2D eigenvalue weighted by molar-refractivity contribution is -0.127. The Labute approximate surface area is 149 Å². The molecule has 136 valence electrons. The number of carbonyl (C=O) groups is 2. The van der Waals surface area contributed by atoms with E-state index in [1.165, 1.54) is 31.9 Å². The summed E-state index contributed by atoms with van der Waals surface area (Å²) in [4.78, 5) is 30.8. The number of likely N-dealkylation sites (tertiary alicyclic amines) is 1. The highest BCUT2D eigenvalue weighted by molar-refractivity contribution is 5.93. The summed E-state index contributed by atoms with van der Waals surface area (Å²) in [7, 11) is 0. The van der Waals surface area contributed by atoms with E-state index in [9.17, 15) is 9.59 Å². The van der Waals surface area contributed by atoms with Gasteiger partial charge in [-0.2, -0.15) is 0 Å². The molecule has 2 amide bonds. The smallest absolute Gasteiger partial charge is 0.252 e. The fourth-order valence-corrected chi connectivity index (χ4v) is 3.93. The van der Waals surface area contributed by atoms with Crippen LogP contribution in [0.3, 0.4) is 0 Å². The summed E-state index contributed by atoms with van der Waals surface area (Å²) < 4.78 is 0. The van der Waals surface area contributed by atoms with Gasteiger partial charge in [-0.1, -0.05) is 12.8 Å². The second-order valence-electron chi connectivity index (χ2n) is 7.06. The fourth-order valence-electron chi connectivity index (χ4n) is 3.93. The number of piperidine rings is 1. The number of rotatable bonds is 6. The number of carbonyl (C=O) groups excluding carboxylic acids is 2. The zero-order chi connectivity index (χ0) is 17.5. The Kier molecular flexibility index (Phi) is 6.39. The van der Waals surface area contributed by atoms with Crippen LogP contribution in [-0.2, 0) is 4.79 Å². The summed E-state index contributed by atoms with van der Waals surface area (Å²) in [6.45, 7) is 2.91. The minimum Gasteiger partial charge on any atom is -0.354 e. The van der Waals surface area contributed by atoms with Gasteiger partial charge in [-0.05, 0) is 44.4 Å². The van der Waals surface area contributed by atoms with Crippen molar-refractivity contribution in [3.05, 3.63) is 30.1 Å². The van der Waals surface area contributed by atoms with Crippen LogP contribution < -0.4 is 10.6 Å². The number of amides is 2. The van der Waals surface area contributed by atoms with Gasteiger partial charge in [-0.25, -0.2) is 0 Å². The zero-order valence-corrected chi connectivity index (χ0v) is 14.7. The Balaban J connectivity index is 1.36. The quantitative estimate of drug-likeness (QED) is 0.769. The molecule has 1 saturated carbocycles. The number of hydrogen-bond donors (Lipinski definition) is 2. The van der Waals surface area contributed by atoms with Gasteiger partial charge in [0.25, 0.3) is 5.91 Å². The van der Waals surface area contributed by atoms with Crippen molar-refractivity contribution < 1.29 is 9.59 Å². The molecule has 6 nitrogen and oxygen atoms in total. The van der Waals surface area contributed by atoms with Crippen LogP contribution in [0.4, 0.5) is 0 Å². The van der Waals surface area contributed by atoms with E-state index in [1.807, 2.05) is 0 Å². The van der Waals surface area contributed by atoms with Gasteiger partial charge in [0.15, 0.2) is 0 Å². The first-order valence-corrected chi connectivity index (χ1v) is 9.44. The molecular weight excluding hydrogens is 316 g/mol. The summed E-state index contributed by atoms with van der Waals surface area (Å²) in [5, 5.41) is 5.78. The fraction of sp³-hybridized carbons (Fsp3) is 0.632. The number of hydrogen-bond acceptors (Lipinski definition) is 4. The van der Waals surface area contributed by atoms with Crippen molar-refractivity contribution in [1.82, 2.24) is 20.5 Å². The number of nitrogens with zero attached hydrogens (tertiary/aromatic N) is 2. The van der Waals surface area contributed by atoms with Gasteiger partial charge in [0, 0.05) is 38.1 Å². The summed E-state index contributed by atoms with van der Waals surface area (Å²) in [5.41, 5.74) is 0.535. The molecule has 2 aliphatic rings. The molecule has 0 unspecified atom stereocenters. The molecule has 1 aromatic heterocycles. The van der Waals surface area contributed by atoms with Crippen molar-refractivity contribution in [2.45, 2.75) is 44.6 Å². The van der Waals surface area contributed by atoms with Crippen LogP contribution in [0.5, 0.6) is 0 Å². The van der Waals surface area contributed by atoms with Crippen LogP contribution in [0, 0.1) is 5.92 Å². The van der Waals surface area contributed by atoms with E-state index in [2.05, 4.69) is 20.5 Å². The van der Waals surface area contributed by atoms with Crippen LogP contribution in [0.1, 0.15) is 48.9 Å². The lowest BCUT2D eigenvalue weighted by atomic mass is 9.95. The van der Waals surface area contributed by atoms with Gasteiger partial charge in [-0.3, -0.25) is 19.5 Å². The molecule has 0 radical (unpaired) electrons. The summed E-state index contributed by atoms with van der Waals surface area (Å²) >= 11 is 0. The van der Waals surface area contributed by atoms with Crippen LogP contribution in [0.2, 0.25) is 0 Å². The van der Waals surface area contributed by atoms with Crippen LogP contribution in [-0.4, -0.2) is 53.9 Å². The molecule has 0 bridgehead atoms. The topological polar surface area (TPSA) is 74.3 Å². The van der Waals surface area contributed by atoms with E-state index >= 15 is 0 Å². The zero-order valence-electron chi connectivity index (χ0n) is 14.7. The molecule has 1 aliphatic carbocycles. The molecule has 1 atom stereocenters. The maximum Gasteiger partial charge on any atom is 0.252 e. The average Bonchev–Trinajstić information content (AvgIpc) is 3.20. The Morgan fingerprint density at radius 2 is 1.92 bits per heavy atom. The van der Waals surface area contributed by atoms with Crippen molar-refractivity contribution in [3.8, 4) is 0 Å². The van der Waals surface area contributed by atoms with Gasteiger partial charge in [0.05, 0.1) is 11.5 Å². The highest BCUT2D eigenvalue weighted by atomic mass is 16.2. The molecule has 2 fully saturated rings. The first-order chi connectivity index (χ1) is 12.2. The Morgan fingerprint density at radius 1 is 1.12 bits per heavy atom. The summed E-state index contributed by atoms with van der Waals surface area (Å²) in [5.74, 6) is 0.0501. The average molecular weight is 344 g/mol. The summed E-state index contributed by atoms with van der Waals surface area (Å²) in [6.07, 6.45) is 10.5. The minimum atomic E-state index is -0.160. The van der Waals surface area contributed by atoms with Crippen molar-refractivity contribution in [2.24, 2.45) is 5.92 Å². The Hall–Kier alpha value is -1.95. The number of aromatic nitrogens is 1. The van der Waals surface area contributed by atoms with Gasteiger partial charge in [-0.15, -0.1) is 0 Å². The minimum absolute atomic E-state index is 0.0865. The third-order valence-electron chi connectivity index (χ3n) is 5.30. The lowest BCUT2D eigenvalue weighted by Crippen LogP contribution is -2.47. The maximum atomic E-state index is 12.4. The molecule has 2 N–H and O–H groups in total. The lowest BCUT2D eigenvalue weighted by Gasteiger charge is -2.36. The van der Waals surface area contributed by atoms with E-state index in [4.69, 9.17) is 0 Å². The molecule has 1 aliphatic heterocycles. The molecule has 2 heterocycles. The van der Waals surface area contributed by atoms with Crippen molar-refractivity contribution in [1.29, 1.82) is 0 Å². The van der Waals surface area contributed by atoms with Gasteiger partial charge < -0.3 is 10.6 Å². The van der Waals surface area contributed by atoms with E-state index in [0.717, 1.165) is 25.9 Å². The van der Waals surface area contributed by atoms with Crippen LogP contribution in [0.25, 0.3) is 0 Å². The van der Waals surface area contributed by atoms with E-state index in [1.54, 1.807) is 18.3 Å². The van der Waals surface area contributed by atoms with E-state index in [0.29, 0.717) is 24.7 Å². The maximum absolute atomic E-state index is 12.4. The first-order valence-electron chi connectivity index (χ1n) is 9.44. The van der Waals surface area contributed by atoms with Crippen LogP contribution in [0.15, 0.2) is 24.5 Å². The van der Waals surface area contributed by atoms with Crippen molar-refractivity contribution in [3.63, 3.8) is 0 Å². The molecule has 25 heavy (non-hydrogen) atoms. The molecule has 0 spiro atoms. The SMILES string of the molecule is O=C(NCCNC(=O)[C@H]1CCCN(C2CCCC2)C1)c1cccnc1. The molecule has 3 rings (SSSR count). The molecule has 0 aromatic carbocycles. The predicted molar refractivity (Wildman–Crippen MR) is 96.1 cm³/mol. The molecule has 1 saturated heterocycles. The monoisotopic (exact) mass is 344 g/mol. The molecular formula is C19H28N4O2. The highest BCUT2D eigenvalue weighted by Gasteiger charge is 2.30. The Morgan fingerprint density at radius 3 is 2.68 bits per heavy atom. The Bertz CT molecular complexity index is 572. The van der Waals surface area contributed by atoms with Crippen molar-refractivity contribution >= 4 is 11.8 Å². The summed E-state index contributed by atoms with van der Waals surface area (Å²) in [6, 6.07) is 4.14.